The summed E-state index contributed by atoms with van der Waals surface area (Å²) in [6.45, 7) is 4.58. The Balaban J connectivity index is 1.41. The number of unbranched alkanes of at least 4 members (excludes halogenated alkanes) is 16. The number of nitrogens with zero attached hydrogens (tertiary/aromatic N) is 4. The Morgan fingerprint density at radius 2 is 1.24 bits per heavy atom. The predicted octanol–water partition coefficient (Wildman–Crippen LogP) is 5.95. The highest BCUT2D eigenvalue weighted by molar-refractivity contribution is 5.69. The monoisotopic (exact) mass is 533 g/mol. The van der Waals surface area contributed by atoms with Gasteiger partial charge in [-0.3, -0.25) is 9.36 Å². The number of aliphatic hydroxyl groups is 1. The Bertz CT molecular complexity index is 1010. The van der Waals surface area contributed by atoms with Crippen LogP contribution in [-0.4, -0.2) is 36.9 Å². The molecule has 38 heavy (non-hydrogen) atoms. The van der Waals surface area contributed by atoms with Crippen LogP contribution in [0.5, 0.6) is 0 Å². The van der Waals surface area contributed by atoms with Gasteiger partial charge in [-0.1, -0.05) is 103 Å². The molecule has 8 nitrogen and oxygen atoms in total. The Morgan fingerprint density at radius 1 is 0.763 bits per heavy atom. The van der Waals surface area contributed by atoms with E-state index < -0.39 is 17.5 Å². The maximum absolute atomic E-state index is 12.8. The van der Waals surface area contributed by atoms with E-state index >= 15 is 0 Å². The number of imidazole rings is 1. The molecule has 0 aliphatic rings. The highest BCUT2D eigenvalue weighted by Gasteiger charge is 2.19. The van der Waals surface area contributed by atoms with Crippen LogP contribution >= 0.6 is 0 Å². The molecule has 0 saturated carbocycles. The predicted molar refractivity (Wildman–Crippen MR) is 158 cm³/mol. The van der Waals surface area contributed by atoms with Crippen molar-refractivity contribution in [3.05, 3.63) is 27.2 Å². The number of aryl methyl sites for hydroxylation is 2. The zero-order chi connectivity index (χ0) is 27.6. The summed E-state index contributed by atoms with van der Waals surface area (Å²) < 4.78 is 3.89. The Morgan fingerprint density at radius 3 is 1.76 bits per heavy atom. The average Bonchev–Trinajstić information content (AvgIpc) is 3.30. The molecular formula is C30H55N5O3. The van der Waals surface area contributed by atoms with Gasteiger partial charge in [-0.2, -0.15) is 0 Å². The summed E-state index contributed by atoms with van der Waals surface area (Å²) in [5, 5.41) is 14.2. The zero-order valence-electron chi connectivity index (χ0n) is 24.6. The first-order valence-electron chi connectivity index (χ1n) is 15.5. The summed E-state index contributed by atoms with van der Waals surface area (Å²) in [6, 6.07) is 0. The van der Waals surface area contributed by atoms with E-state index in [1.165, 1.54) is 107 Å². The van der Waals surface area contributed by atoms with Crippen LogP contribution < -0.4 is 16.6 Å². The summed E-state index contributed by atoms with van der Waals surface area (Å²) in [7, 11) is 3.29. The van der Waals surface area contributed by atoms with E-state index in [4.69, 9.17) is 0 Å². The minimum Gasteiger partial charge on any atom is -0.373 e. The van der Waals surface area contributed by atoms with Gasteiger partial charge in [0.05, 0.1) is 6.33 Å². The van der Waals surface area contributed by atoms with E-state index in [9.17, 15) is 14.7 Å². The molecule has 0 bridgehead atoms. The molecule has 1 atom stereocenters. The number of fused-ring (bicyclic) bond motifs is 1. The lowest BCUT2D eigenvalue weighted by Gasteiger charge is -2.14. The summed E-state index contributed by atoms with van der Waals surface area (Å²) in [5.41, 5.74) is -0.323. The van der Waals surface area contributed by atoms with Crippen molar-refractivity contribution in [3.8, 4) is 0 Å². The maximum atomic E-state index is 12.8. The van der Waals surface area contributed by atoms with Gasteiger partial charge in [0, 0.05) is 14.1 Å². The number of hydrogen-bond donors (Lipinski definition) is 2. The standard InChI is InChI=1S/C30H55N5O3/c1-4-5-6-7-8-9-11-14-17-20-23-31-24-21-18-15-12-10-13-16-19-22-26(36)35-29(37)27-28(32-25-33(27)2)34(3)30(35)38/h25-26,31,36H,4-24H2,1-3H3. The minimum absolute atomic E-state index is 0.333. The summed E-state index contributed by atoms with van der Waals surface area (Å²) in [5.74, 6) is 0. The van der Waals surface area contributed by atoms with Crippen molar-refractivity contribution in [1.82, 2.24) is 24.0 Å². The highest BCUT2D eigenvalue weighted by atomic mass is 16.3. The number of hydrogen-bond acceptors (Lipinski definition) is 5. The molecule has 2 heterocycles. The summed E-state index contributed by atoms with van der Waals surface area (Å²) in [4.78, 5) is 29.5. The van der Waals surface area contributed by atoms with Crippen molar-refractivity contribution in [2.75, 3.05) is 13.1 Å². The molecule has 218 valence electrons. The highest BCUT2D eigenvalue weighted by Crippen LogP contribution is 2.14. The maximum Gasteiger partial charge on any atom is 0.334 e. The lowest BCUT2D eigenvalue weighted by atomic mass is 10.1. The van der Waals surface area contributed by atoms with E-state index in [0.717, 1.165) is 36.9 Å². The molecule has 8 heteroatoms. The Labute approximate surface area is 229 Å². The molecule has 0 spiro atoms. The number of rotatable bonds is 23. The van der Waals surface area contributed by atoms with Crippen molar-refractivity contribution in [2.24, 2.45) is 14.1 Å². The molecule has 2 rings (SSSR count). The number of aromatic nitrogens is 4. The molecular weight excluding hydrogens is 478 g/mol. The van der Waals surface area contributed by atoms with Crippen molar-refractivity contribution in [1.29, 1.82) is 0 Å². The molecule has 0 aliphatic carbocycles. The first-order valence-corrected chi connectivity index (χ1v) is 15.5. The number of nitrogens with one attached hydrogen (secondary N) is 1. The summed E-state index contributed by atoms with van der Waals surface area (Å²) in [6.07, 6.45) is 23.9. The van der Waals surface area contributed by atoms with Crippen LogP contribution in [0.25, 0.3) is 11.2 Å². The normalized spacial score (nSPS) is 12.5. The van der Waals surface area contributed by atoms with Crippen LogP contribution in [0, 0.1) is 0 Å². The molecule has 0 aliphatic heterocycles. The van der Waals surface area contributed by atoms with Gasteiger partial charge < -0.3 is 15.0 Å². The van der Waals surface area contributed by atoms with Gasteiger partial charge in [-0.25, -0.2) is 14.3 Å². The van der Waals surface area contributed by atoms with Crippen LogP contribution in [0.1, 0.15) is 135 Å². The fourth-order valence-corrected chi connectivity index (χ4v) is 5.25. The SMILES string of the molecule is CCCCCCCCCCCCNCCCCCCCCCCC(O)n1c(=O)c2c(ncn2C)n(C)c1=O. The van der Waals surface area contributed by atoms with Gasteiger partial charge in [0.15, 0.2) is 11.2 Å². The largest absolute Gasteiger partial charge is 0.373 e. The molecule has 0 amide bonds. The van der Waals surface area contributed by atoms with E-state index in [2.05, 4.69) is 17.2 Å². The second kappa shape index (κ2) is 19.2. The van der Waals surface area contributed by atoms with Gasteiger partial charge in [0.2, 0.25) is 0 Å². The third-order valence-electron chi connectivity index (χ3n) is 7.72. The number of aliphatic hydroxyl groups excluding tert-OH is 1. The van der Waals surface area contributed by atoms with Gasteiger partial charge >= 0.3 is 5.69 Å². The topological polar surface area (TPSA) is 94.1 Å². The van der Waals surface area contributed by atoms with Crippen LogP contribution in [-0.2, 0) is 14.1 Å². The lowest BCUT2D eigenvalue weighted by Crippen LogP contribution is -2.42. The van der Waals surface area contributed by atoms with E-state index in [1.807, 2.05) is 0 Å². The van der Waals surface area contributed by atoms with Crippen LogP contribution in [0.3, 0.4) is 0 Å². The van der Waals surface area contributed by atoms with Crippen molar-refractivity contribution in [3.63, 3.8) is 0 Å². The van der Waals surface area contributed by atoms with Gasteiger partial charge in [-0.15, -0.1) is 0 Å². The van der Waals surface area contributed by atoms with Crippen LogP contribution in [0.4, 0.5) is 0 Å². The van der Waals surface area contributed by atoms with E-state index in [0.29, 0.717) is 17.6 Å². The van der Waals surface area contributed by atoms with Crippen molar-refractivity contribution < 1.29 is 5.11 Å². The van der Waals surface area contributed by atoms with Gasteiger partial charge in [-0.05, 0) is 38.8 Å². The molecule has 0 radical (unpaired) electrons. The lowest BCUT2D eigenvalue weighted by molar-refractivity contribution is 0.0823. The molecule has 0 saturated heterocycles. The first kappa shape index (κ1) is 32.3. The van der Waals surface area contributed by atoms with Crippen LogP contribution in [0.15, 0.2) is 15.9 Å². The summed E-state index contributed by atoms with van der Waals surface area (Å²) >= 11 is 0. The molecule has 0 aromatic carbocycles. The van der Waals surface area contributed by atoms with E-state index in [1.54, 1.807) is 18.7 Å². The molecule has 2 aromatic rings. The van der Waals surface area contributed by atoms with Gasteiger partial charge in [0.25, 0.3) is 5.56 Å². The third kappa shape index (κ3) is 11.0. The fraction of sp³-hybridized carbons (Fsp3) is 0.833. The molecule has 2 N–H and O–H groups in total. The quantitative estimate of drug-likeness (QED) is 0.172. The van der Waals surface area contributed by atoms with Gasteiger partial charge in [0.1, 0.15) is 6.23 Å². The molecule has 1 unspecified atom stereocenters. The minimum atomic E-state index is -1.10. The van der Waals surface area contributed by atoms with Crippen molar-refractivity contribution in [2.45, 2.75) is 135 Å². The first-order chi connectivity index (χ1) is 18.5. The third-order valence-corrected chi connectivity index (χ3v) is 7.72. The molecule has 0 fully saturated rings. The second-order valence-electron chi connectivity index (χ2n) is 11.1. The zero-order valence-corrected chi connectivity index (χ0v) is 24.6. The average molecular weight is 534 g/mol. The van der Waals surface area contributed by atoms with Crippen molar-refractivity contribution >= 4 is 11.2 Å². The smallest absolute Gasteiger partial charge is 0.334 e. The Kier molecular flexibility index (Phi) is 16.3. The van der Waals surface area contributed by atoms with E-state index in [-0.39, 0.29) is 0 Å². The Hall–Kier alpha value is -1.93. The second-order valence-corrected chi connectivity index (χ2v) is 11.1. The van der Waals surface area contributed by atoms with Crippen LogP contribution in [0.2, 0.25) is 0 Å². The fourth-order valence-electron chi connectivity index (χ4n) is 5.25. The molecule has 2 aromatic heterocycles.